The molecule has 4 atom stereocenters. The third-order valence-corrected chi connectivity index (χ3v) is 7.38. The van der Waals surface area contributed by atoms with Crippen LogP contribution in [0.3, 0.4) is 0 Å². The highest BCUT2D eigenvalue weighted by atomic mass is 32.1. The van der Waals surface area contributed by atoms with E-state index in [0.717, 1.165) is 5.56 Å². The van der Waals surface area contributed by atoms with Gasteiger partial charge in [-0.05, 0) is 37.8 Å². The van der Waals surface area contributed by atoms with Crippen LogP contribution in [0.4, 0.5) is 0 Å². The highest BCUT2D eigenvalue weighted by Crippen LogP contribution is 2.29. The van der Waals surface area contributed by atoms with Crippen molar-refractivity contribution in [3.8, 4) is 0 Å². The van der Waals surface area contributed by atoms with Gasteiger partial charge in [0.2, 0.25) is 0 Å². The second kappa shape index (κ2) is 16.8. The minimum atomic E-state index is -0.546. The van der Waals surface area contributed by atoms with Gasteiger partial charge in [0.25, 0.3) is 5.91 Å². The number of carbonyl (C=O) groups is 3. The Morgan fingerprint density at radius 3 is 2.46 bits per heavy atom. The molecule has 2 aromatic rings. The fraction of sp³-hybridized carbons (Fsp3) is 0.533. The number of rotatable bonds is 17. The highest BCUT2D eigenvalue weighted by Gasteiger charge is 2.28. The molecule has 1 heterocycles. The SMILES string of the molecule is C=CCOC(=O)[C@@H](C)C[C@H](Cc1ccccc1)NC(=O)c1csc([C@@H](C[C@@H](NC)C(C)C)OC(=O)CCC)n1. The summed E-state index contributed by atoms with van der Waals surface area (Å²) in [5, 5.41) is 8.63. The molecule has 214 valence electrons. The molecule has 2 N–H and O–H groups in total. The monoisotopic (exact) mass is 557 g/mol. The lowest BCUT2D eigenvalue weighted by Gasteiger charge is -2.25. The maximum absolute atomic E-state index is 13.3. The number of ether oxygens (including phenoxy) is 2. The van der Waals surface area contributed by atoms with E-state index in [0.29, 0.717) is 43.0 Å². The zero-order valence-corrected chi connectivity index (χ0v) is 24.6. The van der Waals surface area contributed by atoms with Crippen LogP contribution in [0.25, 0.3) is 0 Å². The third kappa shape index (κ3) is 10.9. The van der Waals surface area contributed by atoms with Gasteiger partial charge in [-0.25, -0.2) is 4.98 Å². The lowest BCUT2D eigenvalue weighted by molar-refractivity contribution is -0.150. The van der Waals surface area contributed by atoms with Crippen LogP contribution in [0.5, 0.6) is 0 Å². The number of nitrogens with one attached hydrogen (secondary N) is 2. The number of esters is 2. The zero-order chi connectivity index (χ0) is 28.8. The summed E-state index contributed by atoms with van der Waals surface area (Å²) in [6, 6.07) is 9.60. The summed E-state index contributed by atoms with van der Waals surface area (Å²) in [4.78, 5) is 42.6. The van der Waals surface area contributed by atoms with Gasteiger partial charge in [0.15, 0.2) is 6.10 Å². The van der Waals surface area contributed by atoms with Crippen molar-refractivity contribution in [2.24, 2.45) is 11.8 Å². The molecule has 0 bridgehead atoms. The van der Waals surface area contributed by atoms with E-state index >= 15 is 0 Å². The highest BCUT2D eigenvalue weighted by molar-refractivity contribution is 7.09. The van der Waals surface area contributed by atoms with Crippen molar-refractivity contribution < 1.29 is 23.9 Å². The number of aromatic nitrogens is 1. The number of nitrogens with zero attached hydrogens (tertiary/aromatic N) is 1. The molecule has 0 aliphatic carbocycles. The zero-order valence-electron chi connectivity index (χ0n) is 23.8. The van der Waals surface area contributed by atoms with Crippen molar-refractivity contribution in [1.29, 1.82) is 0 Å². The Bertz CT molecular complexity index is 1060. The number of carbonyl (C=O) groups excluding carboxylic acids is 3. The van der Waals surface area contributed by atoms with Crippen LogP contribution >= 0.6 is 11.3 Å². The molecule has 0 saturated heterocycles. The standard InChI is InChI=1S/C30H43N3O5S/c1-7-12-27(34)38-26(18-24(31-6)20(3)4)29-33-25(19-39-29)28(35)32-23(17-22-13-10-9-11-14-22)16-21(5)30(36)37-15-8-2/h8-11,13-14,19-21,23-24,26,31H,2,7,12,15-18H2,1,3-6H3,(H,32,35)/t21-,23+,24+,26+/m0/s1. The predicted octanol–water partition coefficient (Wildman–Crippen LogP) is 5.26. The van der Waals surface area contributed by atoms with E-state index in [9.17, 15) is 14.4 Å². The van der Waals surface area contributed by atoms with E-state index in [1.807, 2.05) is 44.3 Å². The van der Waals surface area contributed by atoms with Crippen molar-refractivity contribution in [3.63, 3.8) is 0 Å². The summed E-state index contributed by atoms with van der Waals surface area (Å²) in [5.74, 6) is -1.04. The van der Waals surface area contributed by atoms with Gasteiger partial charge in [-0.1, -0.05) is 70.7 Å². The Morgan fingerprint density at radius 2 is 1.85 bits per heavy atom. The van der Waals surface area contributed by atoms with E-state index in [1.54, 1.807) is 12.3 Å². The molecular formula is C30H43N3O5S. The summed E-state index contributed by atoms with van der Waals surface area (Å²) in [6.07, 6.45) is 3.52. The van der Waals surface area contributed by atoms with Crippen molar-refractivity contribution in [1.82, 2.24) is 15.6 Å². The van der Waals surface area contributed by atoms with Crippen LogP contribution in [0.15, 0.2) is 48.4 Å². The fourth-order valence-electron chi connectivity index (χ4n) is 4.27. The largest absolute Gasteiger partial charge is 0.461 e. The lowest BCUT2D eigenvalue weighted by Crippen LogP contribution is -2.39. The Balaban J connectivity index is 2.21. The molecular weight excluding hydrogens is 514 g/mol. The summed E-state index contributed by atoms with van der Waals surface area (Å²) in [7, 11) is 1.89. The normalized spacial score (nSPS) is 14.2. The number of hydrogen-bond donors (Lipinski definition) is 2. The number of amides is 1. The maximum atomic E-state index is 13.3. The predicted molar refractivity (Wildman–Crippen MR) is 154 cm³/mol. The quantitative estimate of drug-likeness (QED) is 0.202. The molecule has 1 amide bonds. The summed E-state index contributed by atoms with van der Waals surface area (Å²) in [6.45, 7) is 11.7. The van der Waals surface area contributed by atoms with Crippen LogP contribution in [-0.4, -0.2) is 48.6 Å². The van der Waals surface area contributed by atoms with Crippen molar-refractivity contribution in [2.45, 2.75) is 78.0 Å². The topological polar surface area (TPSA) is 107 Å². The van der Waals surface area contributed by atoms with Gasteiger partial charge in [-0.3, -0.25) is 14.4 Å². The van der Waals surface area contributed by atoms with E-state index in [-0.39, 0.29) is 42.2 Å². The Hall–Kier alpha value is -3.04. The molecule has 2 rings (SSSR count). The first-order valence-corrected chi connectivity index (χ1v) is 14.5. The first-order valence-electron chi connectivity index (χ1n) is 13.6. The third-order valence-electron chi connectivity index (χ3n) is 6.45. The Morgan fingerprint density at radius 1 is 1.13 bits per heavy atom. The Kier molecular flexibility index (Phi) is 13.9. The molecule has 0 saturated carbocycles. The fourth-order valence-corrected chi connectivity index (χ4v) is 5.11. The van der Waals surface area contributed by atoms with Crippen molar-refractivity contribution in [3.05, 3.63) is 64.6 Å². The van der Waals surface area contributed by atoms with Gasteiger partial charge in [0, 0.05) is 30.3 Å². The molecule has 1 aromatic carbocycles. The lowest BCUT2D eigenvalue weighted by atomic mass is 9.96. The first-order chi connectivity index (χ1) is 18.7. The number of thiazole rings is 1. The molecule has 0 aliphatic heterocycles. The summed E-state index contributed by atoms with van der Waals surface area (Å²) < 4.78 is 11.0. The van der Waals surface area contributed by atoms with Crippen LogP contribution in [0, 0.1) is 11.8 Å². The van der Waals surface area contributed by atoms with E-state index in [2.05, 4.69) is 36.0 Å². The summed E-state index contributed by atoms with van der Waals surface area (Å²) in [5.41, 5.74) is 1.31. The average molecular weight is 558 g/mol. The van der Waals surface area contributed by atoms with Gasteiger partial charge < -0.3 is 20.1 Å². The van der Waals surface area contributed by atoms with Gasteiger partial charge in [-0.15, -0.1) is 11.3 Å². The van der Waals surface area contributed by atoms with Gasteiger partial charge in [0.1, 0.15) is 17.3 Å². The maximum Gasteiger partial charge on any atom is 0.309 e. The molecule has 0 unspecified atom stereocenters. The van der Waals surface area contributed by atoms with E-state index < -0.39 is 12.0 Å². The average Bonchev–Trinajstić information content (AvgIpc) is 3.40. The summed E-state index contributed by atoms with van der Waals surface area (Å²) >= 11 is 1.31. The minimum absolute atomic E-state index is 0.114. The van der Waals surface area contributed by atoms with Crippen LogP contribution in [0.1, 0.15) is 80.5 Å². The molecule has 39 heavy (non-hydrogen) atoms. The van der Waals surface area contributed by atoms with Crippen molar-refractivity contribution in [2.75, 3.05) is 13.7 Å². The van der Waals surface area contributed by atoms with E-state index in [4.69, 9.17) is 9.47 Å². The van der Waals surface area contributed by atoms with Crippen LogP contribution in [0.2, 0.25) is 0 Å². The van der Waals surface area contributed by atoms with Crippen molar-refractivity contribution >= 4 is 29.2 Å². The second-order valence-electron chi connectivity index (χ2n) is 10.1. The smallest absolute Gasteiger partial charge is 0.309 e. The molecule has 0 fully saturated rings. The first kappa shape index (κ1) is 32.2. The van der Waals surface area contributed by atoms with Gasteiger partial charge >= 0.3 is 11.9 Å². The number of benzene rings is 1. The van der Waals surface area contributed by atoms with E-state index in [1.165, 1.54) is 17.4 Å². The second-order valence-corrected chi connectivity index (χ2v) is 11.0. The minimum Gasteiger partial charge on any atom is -0.461 e. The molecule has 1 aromatic heterocycles. The Labute approximate surface area is 236 Å². The van der Waals surface area contributed by atoms with Gasteiger partial charge in [-0.2, -0.15) is 0 Å². The molecule has 9 heteroatoms. The molecule has 0 aliphatic rings. The van der Waals surface area contributed by atoms with Gasteiger partial charge in [0.05, 0.1) is 5.92 Å². The van der Waals surface area contributed by atoms with Crippen LogP contribution < -0.4 is 10.6 Å². The van der Waals surface area contributed by atoms with Crippen LogP contribution in [-0.2, 0) is 25.5 Å². The molecule has 0 spiro atoms. The molecule has 0 radical (unpaired) electrons. The molecule has 8 nitrogen and oxygen atoms in total. The number of hydrogen-bond acceptors (Lipinski definition) is 8.